The Morgan fingerprint density at radius 3 is 2.95 bits per heavy atom. The molecule has 3 heteroatoms. The van der Waals surface area contributed by atoms with Crippen LogP contribution in [0, 0.1) is 5.92 Å². The molecule has 2 aliphatic heterocycles. The number of hydrogen-bond donors (Lipinski definition) is 1. The second-order valence-electron chi connectivity index (χ2n) is 6.78. The minimum atomic E-state index is 0.325. The van der Waals surface area contributed by atoms with Crippen LogP contribution < -0.4 is 10.1 Å². The number of ether oxygens (including phenoxy) is 1. The van der Waals surface area contributed by atoms with Crippen LogP contribution in [-0.4, -0.2) is 36.7 Å². The molecule has 2 heterocycles. The first-order valence-electron chi connectivity index (χ1n) is 7.97. The molecule has 1 saturated carbocycles. The molecule has 108 valence electrons. The first-order valence-corrected chi connectivity index (χ1v) is 7.97. The molecule has 0 bridgehead atoms. The molecule has 0 aromatic heterocycles. The van der Waals surface area contributed by atoms with Crippen LogP contribution in [0.4, 0.5) is 0 Å². The third-order valence-corrected chi connectivity index (χ3v) is 5.31. The molecule has 1 aliphatic carbocycles. The van der Waals surface area contributed by atoms with Crippen molar-refractivity contribution in [2.45, 2.75) is 37.8 Å². The van der Waals surface area contributed by atoms with Crippen molar-refractivity contribution in [2.24, 2.45) is 5.92 Å². The van der Waals surface area contributed by atoms with E-state index in [2.05, 4.69) is 41.4 Å². The van der Waals surface area contributed by atoms with Crippen LogP contribution in [-0.2, 0) is 0 Å². The highest BCUT2D eigenvalue weighted by molar-refractivity contribution is 5.37. The fourth-order valence-electron chi connectivity index (χ4n) is 4.00. The Hall–Kier alpha value is -1.06. The van der Waals surface area contributed by atoms with E-state index in [9.17, 15) is 0 Å². The summed E-state index contributed by atoms with van der Waals surface area (Å²) in [6, 6.07) is 9.12. The van der Waals surface area contributed by atoms with Gasteiger partial charge in [0.05, 0.1) is 6.61 Å². The predicted molar refractivity (Wildman–Crippen MR) is 80.0 cm³/mol. The standard InChI is InChI=1S/C17H24N2O/c1-17(13-6-7-13)12-19(10-9-18-17)15-8-11-20-16-5-3-2-4-14(15)16/h2-5,13,15,18H,6-12H2,1H3. The van der Waals surface area contributed by atoms with Crippen molar-refractivity contribution in [2.75, 3.05) is 26.2 Å². The first kappa shape index (κ1) is 12.7. The molecule has 0 amide bonds. The van der Waals surface area contributed by atoms with Gasteiger partial charge in [-0.3, -0.25) is 4.90 Å². The van der Waals surface area contributed by atoms with Gasteiger partial charge in [-0.1, -0.05) is 18.2 Å². The van der Waals surface area contributed by atoms with Crippen molar-refractivity contribution in [1.29, 1.82) is 0 Å². The van der Waals surface area contributed by atoms with E-state index in [1.165, 1.54) is 24.9 Å². The van der Waals surface area contributed by atoms with Crippen LogP contribution in [0.15, 0.2) is 24.3 Å². The Morgan fingerprint density at radius 1 is 1.25 bits per heavy atom. The van der Waals surface area contributed by atoms with Crippen molar-refractivity contribution >= 4 is 0 Å². The number of rotatable bonds is 2. The molecule has 1 aromatic rings. The lowest BCUT2D eigenvalue weighted by Crippen LogP contribution is -2.60. The van der Waals surface area contributed by atoms with Gasteiger partial charge < -0.3 is 10.1 Å². The molecule has 4 rings (SSSR count). The van der Waals surface area contributed by atoms with E-state index in [1.54, 1.807) is 0 Å². The quantitative estimate of drug-likeness (QED) is 0.895. The highest BCUT2D eigenvalue weighted by Crippen LogP contribution is 2.43. The summed E-state index contributed by atoms with van der Waals surface area (Å²) < 4.78 is 5.81. The number of hydrogen-bond acceptors (Lipinski definition) is 3. The maximum atomic E-state index is 5.81. The lowest BCUT2D eigenvalue weighted by molar-refractivity contribution is 0.0666. The molecule has 2 atom stereocenters. The van der Waals surface area contributed by atoms with Crippen LogP contribution in [0.3, 0.4) is 0 Å². The fourth-order valence-corrected chi connectivity index (χ4v) is 4.00. The van der Waals surface area contributed by atoms with Crippen molar-refractivity contribution in [1.82, 2.24) is 10.2 Å². The SMILES string of the molecule is CC1(C2CC2)CN(C2CCOc3ccccc32)CCN1. The summed E-state index contributed by atoms with van der Waals surface area (Å²) in [6.45, 7) is 6.72. The monoisotopic (exact) mass is 272 g/mol. The average Bonchev–Trinajstić information content (AvgIpc) is 3.32. The van der Waals surface area contributed by atoms with Crippen LogP contribution in [0.5, 0.6) is 5.75 Å². The van der Waals surface area contributed by atoms with Gasteiger partial charge in [0.2, 0.25) is 0 Å². The summed E-state index contributed by atoms with van der Waals surface area (Å²) in [4.78, 5) is 2.69. The summed E-state index contributed by atoms with van der Waals surface area (Å²) in [5.41, 5.74) is 1.71. The van der Waals surface area contributed by atoms with Gasteiger partial charge in [0.15, 0.2) is 0 Å². The summed E-state index contributed by atoms with van der Waals surface area (Å²) in [6.07, 6.45) is 3.93. The Kier molecular flexibility index (Phi) is 3.00. The number of fused-ring (bicyclic) bond motifs is 1. The van der Waals surface area contributed by atoms with Crippen molar-refractivity contribution < 1.29 is 4.74 Å². The van der Waals surface area contributed by atoms with E-state index in [4.69, 9.17) is 4.74 Å². The largest absolute Gasteiger partial charge is 0.493 e. The Bertz CT molecular complexity index is 500. The van der Waals surface area contributed by atoms with E-state index in [0.717, 1.165) is 37.8 Å². The molecule has 1 aromatic carbocycles. The molecule has 20 heavy (non-hydrogen) atoms. The van der Waals surface area contributed by atoms with Crippen molar-refractivity contribution in [3.05, 3.63) is 29.8 Å². The normalized spacial score (nSPS) is 34.4. The van der Waals surface area contributed by atoms with E-state index in [0.29, 0.717) is 11.6 Å². The lowest BCUT2D eigenvalue weighted by atomic mass is 9.90. The highest BCUT2D eigenvalue weighted by Gasteiger charge is 2.45. The number of nitrogens with one attached hydrogen (secondary N) is 1. The van der Waals surface area contributed by atoms with Crippen LogP contribution in [0.1, 0.15) is 37.8 Å². The predicted octanol–water partition coefficient (Wildman–Crippen LogP) is 2.58. The zero-order valence-electron chi connectivity index (χ0n) is 12.3. The van der Waals surface area contributed by atoms with Gasteiger partial charge in [-0.2, -0.15) is 0 Å². The topological polar surface area (TPSA) is 24.5 Å². The first-order chi connectivity index (χ1) is 9.76. The lowest BCUT2D eigenvalue weighted by Gasteiger charge is -2.46. The van der Waals surface area contributed by atoms with Crippen LogP contribution >= 0.6 is 0 Å². The van der Waals surface area contributed by atoms with Crippen LogP contribution in [0.2, 0.25) is 0 Å². The maximum Gasteiger partial charge on any atom is 0.124 e. The molecular weight excluding hydrogens is 248 g/mol. The summed E-state index contributed by atoms with van der Waals surface area (Å²) in [5, 5.41) is 3.78. The van der Waals surface area contributed by atoms with Gasteiger partial charge in [-0.05, 0) is 31.7 Å². The molecule has 1 saturated heterocycles. The highest BCUT2D eigenvalue weighted by atomic mass is 16.5. The molecule has 0 radical (unpaired) electrons. The smallest absolute Gasteiger partial charge is 0.124 e. The molecular formula is C17H24N2O. The molecule has 2 fully saturated rings. The van der Waals surface area contributed by atoms with E-state index in [-0.39, 0.29) is 0 Å². The average molecular weight is 272 g/mol. The molecule has 0 spiro atoms. The summed E-state index contributed by atoms with van der Waals surface area (Å²) in [5.74, 6) is 1.98. The Balaban J connectivity index is 1.58. The second kappa shape index (κ2) is 4.74. The molecule has 3 aliphatic rings. The van der Waals surface area contributed by atoms with Crippen molar-refractivity contribution in [3.63, 3.8) is 0 Å². The second-order valence-corrected chi connectivity index (χ2v) is 6.78. The van der Waals surface area contributed by atoms with Gasteiger partial charge in [0.25, 0.3) is 0 Å². The summed E-state index contributed by atoms with van der Waals surface area (Å²) >= 11 is 0. The third kappa shape index (κ3) is 2.13. The number of nitrogens with zero attached hydrogens (tertiary/aromatic N) is 1. The molecule has 2 unspecified atom stereocenters. The van der Waals surface area contributed by atoms with Gasteiger partial charge in [-0.25, -0.2) is 0 Å². The van der Waals surface area contributed by atoms with E-state index in [1.807, 2.05) is 0 Å². The van der Waals surface area contributed by atoms with Gasteiger partial charge >= 0.3 is 0 Å². The van der Waals surface area contributed by atoms with Gasteiger partial charge in [-0.15, -0.1) is 0 Å². The number of para-hydroxylation sites is 1. The minimum absolute atomic E-state index is 0.325. The van der Waals surface area contributed by atoms with E-state index < -0.39 is 0 Å². The third-order valence-electron chi connectivity index (χ3n) is 5.31. The van der Waals surface area contributed by atoms with E-state index >= 15 is 0 Å². The maximum absolute atomic E-state index is 5.81. The number of benzene rings is 1. The minimum Gasteiger partial charge on any atom is -0.493 e. The number of piperazine rings is 1. The van der Waals surface area contributed by atoms with Crippen LogP contribution in [0.25, 0.3) is 0 Å². The summed E-state index contributed by atoms with van der Waals surface area (Å²) in [7, 11) is 0. The molecule has 3 nitrogen and oxygen atoms in total. The molecule has 1 N–H and O–H groups in total. The van der Waals surface area contributed by atoms with Gasteiger partial charge in [0, 0.05) is 43.2 Å². The zero-order chi connectivity index (χ0) is 13.6. The van der Waals surface area contributed by atoms with Crippen molar-refractivity contribution in [3.8, 4) is 5.75 Å². The fraction of sp³-hybridized carbons (Fsp3) is 0.647. The van der Waals surface area contributed by atoms with Gasteiger partial charge in [0.1, 0.15) is 5.75 Å². The Morgan fingerprint density at radius 2 is 2.10 bits per heavy atom. The zero-order valence-corrected chi connectivity index (χ0v) is 12.3. The Labute approximate surface area is 121 Å².